The molecule has 0 aliphatic heterocycles. The first-order valence-corrected chi connectivity index (χ1v) is 15.2. The topological polar surface area (TPSA) is 86.8 Å². The number of carbonyl (C=O) groups excluding carboxylic acids is 2. The van der Waals surface area contributed by atoms with E-state index >= 15 is 0 Å². The number of amides is 2. The van der Waals surface area contributed by atoms with E-state index in [-0.39, 0.29) is 38.2 Å². The zero-order valence-corrected chi connectivity index (χ0v) is 26.1. The van der Waals surface area contributed by atoms with Gasteiger partial charge in [-0.2, -0.15) is 0 Å². The fourth-order valence-electron chi connectivity index (χ4n) is 3.86. The Labute approximate surface area is 255 Å². The van der Waals surface area contributed by atoms with Gasteiger partial charge in [-0.25, -0.2) is 8.42 Å². The van der Waals surface area contributed by atoms with Gasteiger partial charge >= 0.3 is 0 Å². The van der Waals surface area contributed by atoms with Crippen molar-refractivity contribution in [2.75, 3.05) is 10.8 Å². The maximum absolute atomic E-state index is 13.9. The van der Waals surface area contributed by atoms with E-state index in [0.29, 0.717) is 10.6 Å². The highest BCUT2D eigenvalue weighted by Crippen LogP contribution is 2.35. The van der Waals surface area contributed by atoms with Gasteiger partial charge in [-0.15, -0.1) is 0 Å². The van der Waals surface area contributed by atoms with Gasteiger partial charge in [-0.3, -0.25) is 13.9 Å². The number of sulfonamides is 1. The molecule has 2 amide bonds. The summed E-state index contributed by atoms with van der Waals surface area (Å²) in [5.74, 6) is -1.05. The fourth-order valence-corrected chi connectivity index (χ4v) is 6.05. The van der Waals surface area contributed by atoms with Gasteiger partial charge in [0, 0.05) is 12.6 Å². The van der Waals surface area contributed by atoms with E-state index in [0.717, 1.165) is 9.87 Å². The van der Waals surface area contributed by atoms with Gasteiger partial charge in [0.1, 0.15) is 12.6 Å². The first-order chi connectivity index (χ1) is 18.7. The van der Waals surface area contributed by atoms with Gasteiger partial charge in [0.2, 0.25) is 11.8 Å². The Bertz CT molecular complexity index is 1500. The third kappa shape index (κ3) is 7.62. The number of rotatable bonds is 10. The van der Waals surface area contributed by atoms with Crippen LogP contribution in [-0.2, 0) is 26.2 Å². The number of nitrogens with one attached hydrogen (secondary N) is 1. The molecular formula is C28H29Cl4N3O4S. The lowest BCUT2D eigenvalue weighted by Crippen LogP contribution is -2.52. The summed E-state index contributed by atoms with van der Waals surface area (Å²) in [6.45, 7) is 6.30. The molecule has 0 aliphatic rings. The minimum Gasteiger partial charge on any atom is -0.352 e. The number of hydrogen-bond donors (Lipinski definition) is 1. The van der Waals surface area contributed by atoms with Crippen LogP contribution in [0.3, 0.4) is 0 Å². The molecule has 214 valence electrons. The summed E-state index contributed by atoms with van der Waals surface area (Å²) in [4.78, 5) is 28.2. The third-order valence-electron chi connectivity index (χ3n) is 6.02. The molecule has 0 aromatic heterocycles. The number of anilines is 1. The van der Waals surface area contributed by atoms with E-state index in [2.05, 4.69) is 5.32 Å². The van der Waals surface area contributed by atoms with Gasteiger partial charge in [0.25, 0.3) is 10.0 Å². The second-order valence-corrected chi connectivity index (χ2v) is 13.0. The van der Waals surface area contributed by atoms with Crippen LogP contribution in [0.4, 0.5) is 5.69 Å². The van der Waals surface area contributed by atoms with Crippen LogP contribution in [0, 0.1) is 6.92 Å². The number of hydrogen-bond acceptors (Lipinski definition) is 4. The average molecular weight is 645 g/mol. The molecule has 40 heavy (non-hydrogen) atoms. The van der Waals surface area contributed by atoms with Crippen molar-refractivity contribution >= 4 is 73.9 Å². The summed E-state index contributed by atoms with van der Waals surface area (Å²) in [6.07, 6.45) is 0. The van der Waals surface area contributed by atoms with Gasteiger partial charge in [-0.1, -0.05) is 76.2 Å². The Morgan fingerprint density at radius 3 is 2.12 bits per heavy atom. The largest absolute Gasteiger partial charge is 0.352 e. The lowest BCUT2D eigenvalue weighted by atomic mass is 10.1. The third-order valence-corrected chi connectivity index (χ3v) is 9.34. The Morgan fingerprint density at radius 1 is 0.875 bits per heavy atom. The molecule has 3 rings (SSSR count). The van der Waals surface area contributed by atoms with Gasteiger partial charge in [0.15, 0.2) is 0 Å². The maximum Gasteiger partial charge on any atom is 0.264 e. The van der Waals surface area contributed by atoms with Crippen molar-refractivity contribution in [2.24, 2.45) is 0 Å². The average Bonchev–Trinajstić information content (AvgIpc) is 2.89. The van der Waals surface area contributed by atoms with E-state index in [1.807, 2.05) is 6.92 Å². The molecule has 0 aliphatic carbocycles. The number of halogens is 4. The SMILES string of the molecule is Cc1ccc(S(=O)(=O)N(CC(=O)N(Cc2ccc(Cl)c(Cl)c2)C(C)C(=O)NC(C)C)c2cccc(Cl)c2Cl)cc1. The van der Waals surface area contributed by atoms with Crippen molar-refractivity contribution in [1.29, 1.82) is 0 Å². The molecule has 1 unspecified atom stereocenters. The lowest BCUT2D eigenvalue weighted by molar-refractivity contribution is -0.139. The predicted octanol–water partition coefficient (Wildman–Crippen LogP) is 6.75. The normalized spacial score (nSPS) is 12.2. The lowest BCUT2D eigenvalue weighted by Gasteiger charge is -2.32. The minimum atomic E-state index is -4.29. The summed E-state index contributed by atoms with van der Waals surface area (Å²) < 4.78 is 28.7. The number of carbonyl (C=O) groups is 2. The number of aryl methyl sites for hydroxylation is 1. The summed E-state index contributed by atoms with van der Waals surface area (Å²) in [5, 5.41) is 3.49. The van der Waals surface area contributed by atoms with Gasteiger partial charge in [0.05, 0.1) is 30.7 Å². The molecule has 0 heterocycles. The van der Waals surface area contributed by atoms with E-state index in [1.54, 1.807) is 51.1 Å². The van der Waals surface area contributed by atoms with Crippen LogP contribution in [0.1, 0.15) is 31.9 Å². The van der Waals surface area contributed by atoms with Crippen LogP contribution >= 0.6 is 46.4 Å². The molecule has 3 aromatic carbocycles. The Hall–Kier alpha value is -2.49. The molecule has 0 fully saturated rings. The minimum absolute atomic E-state index is 0.0249. The van der Waals surface area contributed by atoms with E-state index in [4.69, 9.17) is 46.4 Å². The molecule has 0 radical (unpaired) electrons. The van der Waals surface area contributed by atoms with E-state index < -0.39 is 34.4 Å². The van der Waals surface area contributed by atoms with Crippen LogP contribution in [-0.4, -0.2) is 43.8 Å². The zero-order chi connectivity index (χ0) is 29.8. The molecule has 7 nitrogen and oxygen atoms in total. The molecule has 12 heteroatoms. The molecular weight excluding hydrogens is 616 g/mol. The molecule has 0 bridgehead atoms. The van der Waals surface area contributed by atoms with Crippen molar-refractivity contribution in [3.63, 3.8) is 0 Å². The quantitative estimate of drug-likeness (QED) is 0.265. The Balaban J connectivity index is 2.09. The fraction of sp³-hybridized carbons (Fsp3) is 0.286. The van der Waals surface area contributed by atoms with Crippen LogP contribution in [0.25, 0.3) is 0 Å². The molecule has 1 N–H and O–H groups in total. The Morgan fingerprint density at radius 2 is 1.52 bits per heavy atom. The van der Waals surface area contributed by atoms with Gasteiger partial charge in [-0.05, 0) is 69.7 Å². The summed E-state index contributed by atoms with van der Waals surface area (Å²) in [7, 11) is -4.29. The van der Waals surface area contributed by atoms with Gasteiger partial charge < -0.3 is 10.2 Å². The van der Waals surface area contributed by atoms with Crippen molar-refractivity contribution in [1.82, 2.24) is 10.2 Å². The number of nitrogens with zero attached hydrogens (tertiary/aromatic N) is 2. The van der Waals surface area contributed by atoms with Crippen molar-refractivity contribution < 1.29 is 18.0 Å². The first kappa shape index (κ1) is 32.0. The maximum atomic E-state index is 13.9. The first-order valence-electron chi connectivity index (χ1n) is 12.3. The highest BCUT2D eigenvalue weighted by molar-refractivity contribution is 7.92. The monoisotopic (exact) mass is 643 g/mol. The van der Waals surface area contributed by atoms with Crippen LogP contribution in [0.15, 0.2) is 65.6 Å². The summed E-state index contributed by atoms with van der Waals surface area (Å²) >= 11 is 24.9. The molecule has 0 saturated carbocycles. The standard InChI is InChI=1S/C28H29Cl4N3O4S/c1-17(2)33-28(37)19(4)34(15-20-10-13-22(29)24(31)14-20)26(36)16-35(25-7-5-6-23(30)27(25)32)40(38,39)21-11-8-18(3)9-12-21/h5-14,17,19H,15-16H2,1-4H3,(H,33,37). The van der Waals surface area contributed by atoms with Crippen molar-refractivity contribution in [2.45, 2.75) is 51.2 Å². The summed E-state index contributed by atoms with van der Waals surface area (Å²) in [5.41, 5.74) is 1.48. The number of benzene rings is 3. The molecule has 0 saturated heterocycles. The Kier molecular flexibility index (Phi) is 10.8. The highest BCUT2D eigenvalue weighted by Gasteiger charge is 2.34. The van der Waals surface area contributed by atoms with E-state index in [9.17, 15) is 18.0 Å². The molecule has 3 aromatic rings. The second kappa shape index (κ2) is 13.4. The highest BCUT2D eigenvalue weighted by atomic mass is 35.5. The van der Waals surface area contributed by atoms with E-state index in [1.165, 1.54) is 35.2 Å². The predicted molar refractivity (Wildman–Crippen MR) is 162 cm³/mol. The van der Waals surface area contributed by atoms with Crippen LogP contribution in [0.2, 0.25) is 20.1 Å². The molecule has 1 atom stereocenters. The second-order valence-electron chi connectivity index (χ2n) is 9.51. The van der Waals surface area contributed by atoms with Crippen molar-refractivity contribution in [3.8, 4) is 0 Å². The zero-order valence-electron chi connectivity index (χ0n) is 22.3. The smallest absolute Gasteiger partial charge is 0.264 e. The van der Waals surface area contributed by atoms with Crippen LogP contribution in [0.5, 0.6) is 0 Å². The van der Waals surface area contributed by atoms with Crippen molar-refractivity contribution in [3.05, 3.63) is 91.9 Å². The summed E-state index contributed by atoms with van der Waals surface area (Å²) in [6, 6.07) is 14.4. The van der Waals surface area contributed by atoms with Crippen LogP contribution < -0.4 is 9.62 Å². The molecule has 0 spiro atoms.